The highest BCUT2D eigenvalue weighted by atomic mass is 16.5. The van der Waals surface area contributed by atoms with Crippen LogP contribution in [0.3, 0.4) is 0 Å². The van der Waals surface area contributed by atoms with E-state index < -0.39 is 0 Å². The van der Waals surface area contributed by atoms with Gasteiger partial charge in [0.05, 0.1) is 18.7 Å². The molecular formula is C21H21NO3. The number of ether oxygens (including phenoxy) is 1. The Hall–Kier alpha value is -3.01. The topological polar surface area (TPSA) is 51.5 Å². The van der Waals surface area contributed by atoms with Crippen LogP contribution >= 0.6 is 0 Å². The lowest BCUT2D eigenvalue weighted by atomic mass is 9.98. The zero-order valence-corrected chi connectivity index (χ0v) is 14.6. The van der Waals surface area contributed by atoms with Crippen molar-refractivity contribution in [2.75, 3.05) is 7.11 Å². The minimum Gasteiger partial charge on any atom is -0.497 e. The molecule has 1 aromatic heterocycles. The van der Waals surface area contributed by atoms with Crippen LogP contribution in [0.2, 0.25) is 0 Å². The van der Waals surface area contributed by atoms with E-state index in [1.54, 1.807) is 20.1 Å². The summed E-state index contributed by atoms with van der Waals surface area (Å²) in [5.74, 6) is 1.97. The van der Waals surface area contributed by atoms with Crippen LogP contribution in [0.15, 0.2) is 65.1 Å². The van der Waals surface area contributed by atoms with Crippen molar-refractivity contribution in [3.05, 3.63) is 88.9 Å². The zero-order valence-electron chi connectivity index (χ0n) is 14.6. The molecule has 0 fully saturated rings. The molecule has 3 aromatic rings. The van der Waals surface area contributed by atoms with E-state index >= 15 is 0 Å². The third-order valence-electron chi connectivity index (χ3n) is 4.14. The first-order valence-electron chi connectivity index (χ1n) is 8.15. The Morgan fingerprint density at radius 3 is 2.20 bits per heavy atom. The highest BCUT2D eigenvalue weighted by Gasteiger charge is 2.20. The lowest BCUT2D eigenvalue weighted by Crippen LogP contribution is -2.29. The van der Waals surface area contributed by atoms with E-state index in [1.165, 1.54) is 0 Å². The lowest BCUT2D eigenvalue weighted by molar-refractivity contribution is 0.0941. The van der Waals surface area contributed by atoms with Gasteiger partial charge in [-0.05, 0) is 43.2 Å². The maximum absolute atomic E-state index is 12.8. The molecule has 1 N–H and O–H groups in total. The number of nitrogens with one attached hydrogen (secondary N) is 1. The standard InChI is InChI=1S/C21H21NO3/c1-14-13-19(15(2)25-14)21(23)22-20(16-7-5-4-6-8-16)17-9-11-18(24-3)12-10-17/h4-13,20H,1-3H3,(H,22,23). The first-order chi connectivity index (χ1) is 12.1. The Labute approximate surface area is 147 Å². The van der Waals surface area contributed by atoms with Gasteiger partial charge in [-0.15, -0.1) is 0 Å². The van der Waals surface area contributed by atoms with E-state index in [0.717, 1.165) is 22.6 Å². The highest BCUT2D eigenvalue weighted by Crippen LogP contribution is 2.25. The van der Waals surface area contributed by atoms with Gasteiger partial charge in [-0.3, -0.25) is 4.79 Å². The van der Waals surface area contributed by atoms with Gasteiger partial charge in [0.15, 0.2) is 0 Å². The van der Waals surface area contributed by atoms with Crippen molar-refractivity contribution in [2.24, 2.45) is 0 Å². The van der Waals surface area contributed by atoms with Crippen LogP contribution in [-0.4, -0.2) is 13.0 Å². The molecule has 2 aromatic carbocycles. The summed E-state index contributed by atoms with van der Waals surface area (Å²) in [6.07, 6.45) is 0. The molecule has 1 amide bonds. The molecule has 0 bridgehead atoms. The minimum atomic E-state index is -0.255. The van der Waals surface area contributed by atoms with Gasteiger partial charge < -0.3 is 14.5 Å². The van der Waals surface area contributed by atoms with Gasteiger partial charge in [-0.1, -0.05) is 42.5 Å². The minimum absolute atomic E-state index is 0.154. The van der Waals surface area contributed by atoms with E-state index in [-0.39, 0.29) is 11.9 Å². The molecule has 1 heterocycles. The Bertz CT molecular complexity index is 851. The first-order valence-corrected chi connectivity index (χ1v) is 8.15. The second-order valence-corrected chi connectivity index (χ2v) is 5.92. The van der Waals surface area contributed by atoms with Crippen molar-refractivity contribution in [3.63, 3.8) is 0 Å². The first kappa shape index (κ1) is 16.8. The maximum Gasteiger partial charge on any atom is 0.255 e. The average molecular weight is 335 g/mol. The molecule has 3 rings (SSSR count). The predicted molar refractivity (Wildman–Crippen MR) is 96.9 cm³/mol. The quantitative estimate of drug-likeness (QED) is 0.751. The molecule has 128 valence electrons. The summed E-state index contributed by atoms with van der Waals surface area (Å²) in [4.78, 5) is 12.8. The van der Waals surface area contributed by atoms with Gasteiger partial charge in [0.25, 0.3) is 5.91 Å². The maximum atomic E-state index is 12.8. The molecule has 1 atom stereocenters. The molecule has 25 heavy (non-hydrogen) atoms. The molecule has 0 aliphatic rings. The number of aryl methyl sites for hydroxylation is 2. The summed E-state index contributed by atoms with van der Waals surface area (Å²) in [7, 11) is 1.63. The Morgan fingerprint density at radius 2 is 1.64 bits per heavy atom. The molecule has 0 spiro atoms. The number of methoxy groups -OCH3 is 1. The summed E-state index contributed by atoms with van der Waals surface area (Å²) in [5, 5.41) is 3.12. The highest BCUT2D eigenvalue weighted by molar-refractivity contribution is 5.95. The summed E-state index contributed by atoms with van der Waals surface area (Å²) < 4.78 is 10.7. The number of carbonyl (C=O) groups is 1. The van der Waals surface area contributed by atoms with E-state index in [0.29, 0.717) is 11.3 Å². The van der Waals surface area contributed by atoms with Gasteiger partial charge in [0, 0.05) is 0 Å². The largest absolute Gasteiger partial charge is 0.497 e. The average Bonchev–Trinajstić information content (AvgIpc) is 2.99. The number of carbonyl (C=O) groups excluding carboxylic acids is 1. The van der Waals surface area contributed by atoms with Crippen molar-refractivity contribution >= 4 is 5.91 Å². The monoisotopic (exact) mass is 335 g/mol. The van der Waals surface area contributed by atoms with Crippen molar-refractivity contribution in [1.82, 2.24) is 5.32 Å². The van der Waals surface area contributed by atoms with Crippen LogP contribution in [-0.2, 0) is 0 Å². The van der Waals surface area contributed by atoms with E-state index in [4.69, 9.17) is 9.15 Å². The molecule has 0 aliphatic heterocycles. The molecule has 0 aliphatic carbocycles. The van der Waals surface area contributed by atoms with Crippen LogP contribution in [0.25, 0.3) is 0 Å². The second-order valence-electron chi connectivity index (χ2n) is 5.92. The van der Waals surface area contributed by atoms with E-state index in [9.17, 15) is 4.79 Å². The summed E-state index contributed by atoms with van der Waals surface area (Å²) in [5.41, 5.74) is 2.56. The Morgan fingerprint density at radius 1 is 1.00 bits per heavy atom. The number of amides is 1. The van der Waals surface area contributed by atoms with E-state index in [1.807, 2.05) is 61.5 Å². The Balaban J connectivity index is 1.93. The SMILES string of the molecule is COc1ccc(C(NC(=O)c2cc(C)oc2C)c2ccccc2)cc1. The Kier molecular flexibility index (Phi) is 4.89. The van der Waals surface area contributed by atoms with Crippen LogP contribution in [0.4, 0.5) is 0 Å². The summed E-state index contributed by atoms with van der Waals surface area (Å²) in [6, 6.07) is 19.1. The lowest BCUT2D eigenvalue weighted by Gasteiger charge is -2.20. The second kappa shape index (κ2) is 7.26. The van der Waals surface area contributed by atoms with Crippen LogP contribution in [0, 0.1) is 13.8 Å². The number of benzene rings is 2. The van der Waals surface area contributed by atoms with Crippen molar-refractivity contribution in [2.45, 2.75) is 19.9 Å². The molecule has 1 unspecified atom stereocenters. The smallest absolute Gasteiger partial charge is 0.255 e. The van der Waals surface area contributed by atoms with Gasteiger partial charge in [0.2, 0.25) is 0 Å². The summed E-state index contributed by atoms with van der Waals surface area (Å²) >= 11 is 0. The van der Waals surface area contributed by atoms with Crippen molar-refractivity contribution in [3.8, 4) is 5.75 Å². The van der Waals surface area contributed by atoms with Gasteiger partial charge >= 0.3 is 0 Å². The number of furan rings is 1. The van der Waals surface area contributed by atoms with Crippen LogP contribution in [0.5, 0.6) is 5.75 Å². The normalized spacial score (nSPS) is 11.8. The number of rotatable bonds is 5. The van der Waals surface area contributed by atoms with Gasteiger partial charge in [-0.2, -0.15) is 0 Å². The van der Waals surface area contributed by atoms with Crippen molar-refractivity contribution in [1.29, 1.82) is 0 Å². The van der Waals surface area contributed by atoms with Crippen molar-refractivity contribution < 1.29 is 13.9 Å². The third kappa shape index (κ3) is 3.74. The van der Waals surface area contributed by atoms with E-state index in [2.05, 4.69) is 5.32 Å². The molecule has 4 heteroatoms. The van der Waals surface area contributed by atoms with Gasteiger partial charge in [0.1, 0.15) is 17.3 Å². The van der Waals surface area contributed by atoms with Crippen LogP contribution < -0.4 is 10.1 Å². The third-order valence-corrected chi connectivity index (χ3v) is 4.14. The molecule has 0 radical (unpaired) electrons. The predicted octanol–water partition coefficient (Wildman–Crippen LogP) is 4.42. The molecule has 0 saturated heterocycles. The molecular weight excluding hydrogens is 314 g/mol. The van der Waals surface area contributed by atoms with Gasteiger partial charge in [-0.25, -0.2) is 0 Å². The fourth-order valence-corrected chi connectivity index (χ4v) is 2.87. The number of hydrogen-bond donors (Lipinski definition) is 1. The molecule has 0 saturated carbocycles. The van der Waals surface area contributed by atoms with Crippen LogP contribution in [0.1, 0.15) is 39.0 Å². The zero-order chi connectivity index (χ0) is 17.8. The fourth-order valence-electron chi connectivity index (χ4n) is 2.87. The summed E-state index contributed by atoms with van der Waals surface area (Å²) in [6.45, 7) is 3.63. The number of hydrogen-bond acceptors (Lipinski definition) is 3. The molecule has 4 nitrogen and oxygen atoms in total. The fraction of sp³-hybridized carbons (Fsp3) is 0.190.